The van der Waals surface area contributed by atoms with Crippen molar-refractivity contribution in [1.29, 1.82) is 0 Å². The fraction of sp³-hybridized carbons (Fsp3) is 0.611. The maximum absolute atomic E-state index is 14.0. The molecule has 2 N–H and O–H groups in total. The molecule has 2 saturated heterocycles. The zero-order chi connectivity index (χ0) is 16.9. The first-order chi connectivity index (χ1) is 11.6. The number of hydrogen-bond donors (Lipinski definition) is 2. The van der Waals surface area contributed by atoms with Gasteiger partial charge in [-0.1, -0.05) is 0 Å². The zero-order valence-corrected chi connectivity index (χ0v) is 14.0. The third-order valence-corrected chi connectivity index (χ3v) is 4.81. The Kier molecular flexibility index (Phi) is 5.68. The van der Waals surface area contributed by atoms with E-state index in [0.717, 1.165) is 12.8 Å². The SMILES string of the molecule is COCCOc1ccc(NC(=O)CC2C[C@H]3CC[C@@H](C2)N3)cc1F. The van der Waals surface area contributed by atoms with Crippen LogP contribution in [0.25, 0.3) is 0 Å². The number of halogens is 1. The summed E-state index contributed by atoms with van der Waals surface area (Å²) in [6, 6.07) is 5.64. The van der Waals surface area contributed by atoms with Crippen LogP contribution in [0.3, 0.4) is 0 Å². The molecule has 6 heteroatoms. The number of carbonyl (C=O) groups is 1. The monoisotopic (exact) mass is 336 g/mol. The molecule has 2 aliphatic heterocycles. The van der Waals surface area contributed by atoms with Gasteiger partial charge in [0.2, 0.25) is 5.91 Å². The Labute approximate surface area is 141 Å². The summed E-state index contributed by atoms with van der Waals surface area (Å²) in [4.78, 5) is 12.2. The molecular weight excluding hydrogens is 311 g/mol. The molecule has 1 aromatic carbocycles. The second-order valence-corrected chi connectivity index (χ2v) is 6.71. The highest BCUT2D eigenvalue weighted by molar-refractivity contribution is 5.90. The molecule has 0 aromatic heterocycles. The average molecular weight is 336 g/mol. The standard InChI is InChI=1S/C18H25FN2O3/c1-23-6-7-24-17-5-4-15(11-16(17)19)21-18(22)10-12-8-13-2-3-14(9-12)20-13/h4-5,11-14,20H,2-3,6-10H2,1H3,(H,21,22)/t12?,13-,14+. The van der Waals surface area contributed by atoms with Crippen molar-refractivity contribution in [2.24, 2.45) is 5.92 Å². The van der Waals surface area contributed by atoms with Gasteiger partial charge in [0.25, 0.3) is 0 Å². The number of ether oxygens (including phenoxy) is 2. The smallest absolute Gasteiger partial charge is 0.224 e. The van der Waals surface area contributed by atoms with Crippen LogP contribution in [0.2, 0.25) is 0 Å². The van der Waals surface area contributed by atoms with Crippen LogP contribution in [0.4, 0.5) is 10.1 Å². The number of amides is 1. The molecule has 2 aliphatic rings. The molecule has 5 nitrogen and oxygen atoms in total. The summed E-state index contributed by atoms with van der Waals surface area (Å²) in [6.45, 7) is 0.688. The van der Waals surface area contributed by atoms with Gasteiger partial charge in [-0.2, -0.15) is 0 Å². The van der Waals surface area contributed by atoms with Crippen molar-refractivity contribution in [3.63, 3.8) is 0 Å². The van der Waals surface area contributed by atoms with Crippen LogP contribution in [0.15, 0.2) is 18.2 Å². The lowest BCUT2D eigenvalue weighted by molar-refractivity contribution is -0.117. The summed E-state index contributed by atoms with van der Waals surface area (Å²) in [5.74, 6) is 0.0581. The van der Waals surface area contributed by atoms with E-state index in [-0.39, 0.29) is 18.3 Å². The van der Waals surface area contributed by atoms with Crippen LogP contribution >= 0.6 is 0 Å². The number of fused-ring (bicyclic) bond motifs is 2. The van der Waals surface area contributed by atoms with Crippen LogP contribution in [-0.4, -0.2) is 38.3 Å². The summed E-state index contributed by atoms with van der Waals surface area (Å²) in [5.41, 5.74) is 0.466. The number of methoxy groups -OCH3 is 1. The third-order valence-electron chi connectivity index (χ3n) is 4.81. The van der Waals surface area contributed by atoms with Crippen LogP contribution in [0, 0.1) is 11.7 Å². The number of rotatable bonds is 7. The number of hydrogen-bond acceptors (Lipinski definition) is 4. The summed E-state index contributed by atoms with van der Waals surface area (Å²) < 4.78 is 24.1. The van der Waals surface area contributed by atoms with Crippen LogP contribution < -0.4 is 15.4 Å². The van der Waals surface area contributed by atoms with E-state index in [1.807, 2.05) is 0 Å². The first-order valence-corrected chi connectivity index (χ1v) is 8.61. The molecule has 0 aliphatic carbocycles. The molecule has 2 fully saturated rings. The predicted molar refractivity (Wildman–Crippen MR) is 89.7 cm³/mol. The van der Waals surface area contributed by atoms with E-state index in [4.69, 9.17) is 9.47 Å². The van der Waals surface area contributed by atoms with E-state index in [0.29, 0.717) is 36.7 Å². The maximum Gasteiger partial charge on any atom is 0.224 e. The van der Waals surface area contributed by atoms with E-state index in [1.165, 1.54) is 25.0 Å². The first-order valence-electron chi connectivity index (χ1n) is 8.61. The normalized spacial score (nSPS) is 25.5. The average Bonchev–Trinajstić information content (AvgIpc) is 2.88. The van der Waals surface area contributed by atoms with Crippen LogP contribution in [0.5, 0.6) is 5.75 Å². The molecule has 2 heterocycles. The van der Waals surface area contributed by atoms with Gasteiger partial charge in [-0.05, 0) is 43.7 Å². The third kappa shape index (κ3) is 4.45. The fourth-order valence-corrected chi connectivity index (χ4v) is 3.75. The van der Waals surface area contributed by atoms with E-state index in [9.17, 15) is 9.18 Å². The van der Waals surface area contributed by atoms with Gasteiger partial charge in [0, 0.05) is 37.4 Å². The second-order valence-electron chi connectivity index (χ2n) is 6.71. The number of benzene rings is 1. The Balaban J connectivity index is 1.50. The Bertz CT molecular complexity index is 569. The lowest BCUT2D eigenvalue weighted by Crippen LogP contribution is -2.39. The maximum atomic E-state index is 14.0. The molecule has 1 amide bonds. The van der Waals surface area contributed by atoms with Crippen LogP contribution in [-0.2, 0) is 9.53 Å². The molecule has 24 heavy (non-hydrogen) atoms. The zero-order valence-electron chi connectivity index (χ0n) is 14.0. The largest absolute Gasteiger partial charge is 0.488 e. The van der Waals surface area contributed by atoms with Gasteiger partial charge in [0.1, 0.15) is 6.61 Å². The fourth-order valence-electron chi connectivity index (χ4n) is 3.75. The molecule has 0 radical (unpaired) electrons. The Morgan fingerprint density at radius 3 is 2.71 bits per heavy atom. The van der Waals surface area contributed by atoms with Gasteiger partial charge in [-0.25, -0.2) is 4.39 Å². The molecule has 132 valence electrons. The number of anilines is 1. The minimum atomic E-state index is -0.483. The van der Waals surface area contributed by atoms with Gasteiger partial charge >= 0.3 is 0 Å². The minimum absolute atomic E-state index is 0.0475. The molecule has 3 atom stereocenters. The topological polar surface area (TPSA) is 59.6 Å². The van der Waals surface area contributed by atoms with Crippen molar-refractivity contribution in [3.8, 4) is 5.75 Å². The van der Waals surface area contributed by atoms with Gasteiger partial charge in [0.05, 0.1) is 6.61 Å². The first kappa shape index (κ1) is 17.2. The van der Waals surface area contributed by atoms with E-state index >= 15 is 0 Å². The summed E-state index contributed by atoms with van der Waals surface area (Å²) in [7, 11) is 1.56. The Morgan fingerprint density at radius 2 is 2.04 bits per heavy atom. The van der Waals surface area contributed by atoms with Crippen molar-refractivity contribution in [1.82, 2.24) is 5.32 Å². The van der Waals surface area contributed by atoms with E-state index in [1.54, 1.807) is 13.2 Å². The van der Waals surface area contributed by atoms with E-state index in [2.05, 4.69) is 10.6 Å². The number of carbonyl (C=O) groups excluding carboxylic acids is 1. The Hall–Kier alpha value is -1.66. The van der Waals surface area contributed by atoms with Crippen molar-refractivity contribution in [3.05, 3.63) is 24.0 Å². The van der Waals surface area contributed by atoms with Gasteiger partial charge < -0.3 is 20.1 Å². The summed E-state index contributed by atoms with van der Waals surface area (Å²) in [5, 5.41) is 6.37. The lowest BCUT2D eigenvalue weighted by Gasteiger charge is -2.28. The molecule has 3 rings (SSSR count). The predicted octanol–water partition coefficient (Wildman–Crippen LogP) is 2.71. The van der Waals surface area contributed by atoms with Crippen molar-refractivity contribution < 1.29 is 18.7 Å². The molecule has 0 spiro atoms. The molecule has 0 saturated carbocycles. The highest BCUT2D eigenvalue weighted by atomic mass is 19.1. The van der Waals surface area contributed by atoms with E-state index < -0.39 is 5.82 Å². The summed E-state index contributed by atoms with van der Waals surface area (Å²) >= 11 is 0. The van der Waals surface area contributed by atoms with Crippen molar-refractivity contribution in [2.75, 3.05) is 25.6 Å². The van der Waals surface area contributed by atoms with Gasteiger partial charge in [-0.15, -0.1) is 0 Å². The second kappa shape index (κ2) is 7.94. The Morgan fingerprint density at radius 1 is 1.29 bits per heavy atom. The van der Waals surface area contributed by atoms with Crippen molar-refractivity contribution in [2.45, 2.75) is 44.2 Å². The molecule has 2 bridgehead atoms. The highest BCUT2D eigenvalue weighted by Crippen LogP contribution is 2.33. The minimum Gasteiger partial charge on any atom is -0.488 e. The lowest BCUT2D eigenvalue weighted by atomic mass is 9.89. The quantitative estimate of drug-likeness (QED) is 0.752. The molecule has 1 unspecified atom stereocenters. The number of piperidine rings is 1. The van der Waals surface area contributed by atoms with Crippen molar-refractivity contribution >= 4 is 11.6 Å². The summed E-state index contributed by atoms with van der Waals surface area (Å²) in [6.07, 6.45) is 5.06. The number of nitrogens with one attached hydrogen (secondary N) is 2. The van der Waals surface area contributed by atoms with Crippen LogP contribution in [0.1, 0.15) is 32.1 Å². The molecular formula is C18H25FN2O3. The van der Waals surface area contributed by atoms with Gasteiger partial charge in [-0.3, -0.25) is 4.79 Å². The molecule has 1 aromatic rings. The van der Waals surface area contributed by atoms with Gasteiger partial charge in [0.15, 0.2) is 11.6 Å². The highest BCUT2D eigenvalue weighted by Gasteiger charge is 2.34.